The van der Waals surface area contributed by atoms with E-state index in [1.165, 1.54) is 5.01 Å². The van der Waals surface area contributed by atoms with Crippen molar-refractivity contribution in [3.05, 3.63) is 28.8 Å². The monoisotopic (exact) mass is 208 g/mol. The Bertz CT molecular complexity index is 415. The van der Waals surface area contributed by atoms with Crippen LogP contribution in [-0.2, 0) is 4.79 Å². The first kappa shape index (κ1) is 9.21. The van der Waals surface area contributed by atoms with Crippen LogP contribution in [0, 0.1) is 6.92 Å². The molecule has 0 aliphatic carbocycles. The summed E-state index contributed by atoms with van der Waals surface area (Å²) in [4.78, 5) is 11.3. The van der Waals surface area contributed by atoms with E-state index in [2.05, 4.69) is 5.10 Å². The van der Waals surface area contributed by atoms with E-state index in [4.69, 9.17) is 11.6 Å². The number of hydrogen-bond acceptors (Lipinski definition) is 2. The lowest BCUT2D eigenvalue weighted by Gasteiger charge is -2.12. The third kappa shape index (κ3) is 1.51. The first-order chi connectivity index (χ1) is 6.68. The second-order valence-corrected chi connectivity index (χ2v) is 3.55. The Morgan fingerprint density at radius 2 is 2.29 bits per heavy atom. The van der Waals surface area contributed by atoms with Gasteiger partial charge in [0.25, 0.3) is 5.91 Å². The van der Waals surface area contributed by atoms with Crippen LogP contribution in [0.3, 0.4) is 0 Å². The normalized spacial score (nSPS) is 15.3. The molecule has 0 bridgehead atoms. The van der Waals surface area contributed by atoms with Crippen molar-refractivity contribution < 1.29 is 4.79 Å². The lowest BCUT2D eigenvalue weighted by molar-refractivity contribution is -0.116. The summed E-state index contributed by atoms with van der Waals surface area (Å²) >= 11 is 5.95. The number of amides is 1. The average Bonchev–Trinajstić information content (AvgIpc) is 2.57. The SMILES string of the molecule is Cc1ccc(N2N=CCC2=O)cc1Cl. The van der Waals surface area contributed by atoms with Crippen LogP contribution < -0.4 is 5.01 Å². The highest BCUT2D eigenvalue weighted by Crippen LogP contribution is 2.24. The Balaban J connectivity index is 2.37. The average molecular weight is 209 g/mol. The van der Waals surface area contributed by atoms with Crippen LogP contribution in [0.4, 0.5) is 5.69 Å². The van der Waals surface area contributed by atoms with Crippen molar-refractivity contribution in [3.63, 3.8) is 0 Å². The number of benzene rings is 1. The predicted octanol–water partition coefficient (Wildman–Crippen LogP) is 2.37. The standard InChI is InChI=1S/C10H9ClN2O/c1-7-2-3-8(6-9(7)11)13-10(14)4-5-12-13/h2-3,5-6H,4H2,1H3. The van der Waals surface area contributed by atoms with Crippen molar-refractivity contribution in [2.75, 3.05) is 5.01 Å². The number of rotatable bonds is 1. The number of carbonyl (C=O) groups excluding carboxylic acids is 1. The zero-order chi connectivity index (χ0) is 10.1. The lowest BCUT2D eigenvalue weighted by Crippen LogP contribution is -2.19. The summed E-state index contributed by atoms with van der Waals surface area (Å²) in [6, 6.07) is 5.46. The van der Waals surface area contributed by atoms with Gasteiger partial charge in [0.2, 0.25) is 0 Å². The van der Waals surface area contributed by atoms with Gasteiger partial charge in [-0.2, -0.15) is 5.10 Å². The molecule has 1 heterocycles. The summed E-state index contributed by atoms with van der Waals surface area (Å²) in [5.41, 5.74) is 1.71. The molecule has 14 heavy (non-hydrogen) atoms. The molecule has 3 nitrogen and oxygen atoms in total. The van der Waals surface area contributed by atoms with Gasteiger partial charge in [0.05, 0.1) is 12.1 Å². The summed E-state index contributed by atoms with van der Waals surface area (Å²) in [6.07, 6.45) is 1.96. The van der Waals surface area contributed by atoms with E-state index in [1.807, 2.05) is 19.1 Å². The van der Waals surface area contributed by atoms with Crippen LogP contribution in [-0.4, -0.2) is 12.1 Å². The van der Waals surface area contributed by atoms with Crippen LogP contribution in [0.2, 0.25) is 5.02 Å². The maximum atomic E-state index is 11.3. The fourth-order valence-corrected chi connectivity index (χ4v) is 1.45. The van der Waals surface area contributed by atoms with Gasteiger partial charge in [-0.25, -0.2) is 5.01 Å². The van der Waals surface area contributed by atoms with E-state index >= 15 is 0 Å². The van der Waals surface area contributed by atoms with Crippen molar-refractivity contribution in [2.24, 2.45) is 5.10 Å². The van der Waals surface area contributed by atoms with Gasteiger partial charge in [0.15, 0.2) is 0 Å². The lowest BCUT2D eigenvalue weighted by atomic mass is 10.2. The number of hydrazone groups is 1. The van der Waals surface area contributed by atoms with Gasteiger partial charge in [-0.15, -0.1) is 0 Å². The molecule has 0 spiro atoms. The quantitative estimate of drug-likeness (QED) is 0.698. The number of hydrogen-bond donors (Lipinski definition) is 0. The van der Waals surface area contributed by atoms with Gasteiger partial charge in [0, 0.05) is 11.2 Å². The van der Waals surface area contributed by atoms with Crippen molar-refractivity contribution in [3.8, 4) is 0 Å². The minimum Gasteiger partial charge on any atom is -0.272 e. The largest absolute Gasteiger partial charge is 0.272 e. The van der Waals surface area contributed by atoms with Crippen LogP contribution in [0.25, 0.3) is 0 Å². The molecule has 0 saturated carbocycles. The fraction of sp³-hybridized carbons (Fsp3) is 0.200. The number of halogens is 1. The molecule has 1 aromatic carbocycles. The molecule has 2 rings (SSSR count). The van der Waals surface area contributed by atoms with E-state index in [1.54, 1.807) is 12.3 Å². The van der Waals surface area contributed by atoms with Crippen molar-refractivity contribution in [2.45, 2.75) is 13.3 Å². The highest BCUT2D eigenvalue weighted by atomic mass is 35.5. The molecule has 0 aromatic heterocycles. The summed E-state index contributed by atoms with van der Waals surface area (Å²) < 4.78 is 0. The smallest absolute Gasteiger partial charge is 0.252 e. The summed E-state index contributed by atoms with van der Waals surface area (Å²) in [5.74, 6) is -0.0232. The van der Waals surface area contributed by atoms with Crippen molar-refractivity contribution in [1.82, 2.24) is 0 Å². The number of carbonyl (C=O) groups is 1. The highest BCUT2D eigenvalue weighted by Gasteiger charge is 2.18. The van der Waals surface area contributed by atoms with Gasteiger partial charge < -0.3 is 0 Å². The Labute approximate surface area is 87.0 Å². The molecular weight excluding hydrogens is 200 g/mol. The molecule has 1 amide bonds. The first-order valence-corrected chi connectivity index (χ1v) is 4.68. The third-order valence-corrected chi connectivity index (χ3v) is 2.51. The van der Waals surface area contributed by atoms with Gasteiger partial charge in [-0.05, 0) is 24.6 Å². The molecule has 0 N–H and O–H groups in total. The molecule has 0 saturated heterocycles. The summed E-state index contributed by atoms with van der Waals surface area (Å²) in [6.45, 7) is 1.92. The van der Waals surface area contributed by atoms with Crippen LogP contribution in [0.15, 0.2) is 23.3 Å². The number of aryl methyl sites for hydroxylation is 1. The van der Waals surface area contributed by atoms with Gasteiger partial charge >= 0.3 is 0 Å². The van der Waals surface area contributed by atoms with E-state index in [0.29, 0.717) is 11.4 Å². The molecule has 0 fully saturated rings. The van der Waals surface area contributed by atoms with E-state index < -0.39 is 0 Å². The molecule has 0 radical (unpaired) electrons. The molecule has 0 atom stereocenters. The Morgan fingerprint density at radius 3 is 2.86 bits per heavy atom. The minimum atomic E-state index is -0.0232. The molecular formula is C10H9ClN2O. The Kier molecular flexibility index (Phi) is 2.25. The third-order valence-electron chi connectivity index (χ3n) is 2.10. The predicted molar refractivity (Wildman–Crippen MR) is 56.8 cm³/mol. The van der Waals surface area contributed by atoms with Crippen LogP contribution in [0.5, 0.6) is 0 Å². The topological polar surface area (TPSA) is 32.7 Å². The second kappa shape index (κ2) is 3.42. The zero-order valence-corrected chi connectivity index (χ0v) is 8.45. The molecule has 1 aliphatic rings. The van der Waals surface area contributed by atoms with Crippen LogP contribution in [0.1, 0.15) is 12.0 Å². The van der Waals surface area contributed by atoms with Crippen LogP contribution >= 0.6 is 11.6 Å². The number of anilines is 1. The zero-order valence-electron chi connectivity index (χ0n) is 7.70. The molecule has 1 aliphatic heterocycles. The maximum absolute atomic E-state index is 11.3. The second-order valence-electron chi connectivity index (χ2n) is 3.14. The Hall–Kier alpha value is -1.35. The van der Waals surface area contributed by atoms with E-state index in [0.717, 1.165) is 11.3 Å². The van der Waals surface area contributed by atoms with Crippen molar-refractivity contribution >= 4 is 29.4 Å². The number of nitrogens with zero attached hydrogens (tertiary/aromatic N) is 2. The van der Waals surface area contributed by atoms with Gasteiger partial charge in [-0.3, -0.25) is 4.79 Å². The van der Waals surface area contributed by atoms with Gasteiger partial charge in [0.1, 0.15) is 0 Å². The molecule has 1 aromatic rings. The molecule has 4 heteroatoms. The molecule has 0 unspecified atom stereocenters. The maximum Gasteiger partial charge on any atom is 0.252 e. The van der Waals surface area contributed by atoms with Crippen molar-refractivity contribution in [1.29, 1.82) is 0 Å². The van der Waals surface area contributed by atoms with E-state index in [9.17, 15) is 4.79 Å². The minimum absolute atomic E-state index is 0.0232. The molecule has 72 valence electrons. The van der Waals surface area contributed by atoms with E-state index in [-0.39, 0.29) is 5.91 Å². The fourth-order valence-electron chi connectivity index (χ4n) is 1.28. The van der Waals surface area contributed by atoms with Gasteiger partial charge in [-0.1, -0.05) is 17.7 Å². The summed E-state index contributed by atoms with van der Waals surface area (Å²) in [5, 5.41) is 5.97. The first-order valence-electron chi connectivity index (χ1n) is 4.30. The summed E-state index contributed by atoms with van der Waals surface area (Å²) in [7, 11) is 0. The highest BCUT2D eigenvalue weighted by molar-refractivity contribution is 6.31. The Morgan fingerprint density at radius 1 is 1.50 bits per heavy atom.